The topological polar surface area (TPSA) is 59.3 Å². The number of pyridine rings is 1. The number of nitrogens with one attached hydrogen (secondary N) is 1. The molecule has 3 aromatic rings. The number of aromatic nitrogens is 3. The highest BCUT2D eigenvalue weighted by molar-refractivity contribution is 9.10. The average molecular weight is 405 g/mol. The molecule has 0 saturated heterocycles. The standard InChI is InChI=1S/C17H17BrN4OS/c1-11-8-14(12(2)7-13(11)18)24-10-17(23)19-9-16-21-20-15-5-3-4-6-22(15)16/h3-8H,9-10H2,1-2H3,(H,19,23). The van der Waals surface area contributed by atoms with Crippen LogP contribution in [0.2, 0.25) is 0 Å². The predicted molar refractivity (Wildman–Crippen MR) is 99.2 cm³/mol. The monoisotopic (exact) mass is 404 g/mol. The van der Waals surface area contributed by atoms with Crippen LogP contribution < -0.4 is 5.32 Å². The highest BCUT2D eigenvalue weighted by Gasteiger charge is 2.09. The van der Waals surface area contributed by atoms with E-state index in [4.69, 9.17) is 0 Å². The van der Waals surface area contributed by atoms with E-state index < -0.39 is 0 Å². The third-order valence-electron chi connectivity index (χ3n) is 3.64. The fourth-order valence-electron chi connectivity index (χ4n) is 2.29. The molecule has 1 N–H and O–H groups in total. The zero-order valence-electron chi connectivity index (χ0n) is 13.4. The van der Waals surface area contributed by atoms with E-state index in [2.05, 4.69) is 43.6 Å². The first kappa shape index (κ1) is 17.0. The molecule has 24 heavy (non-hydrogen) atoms. The van der Waals surface area contributed by atoms with Gasteiger partial charge in [-0.25, -0.2) is 0 Å². The molecule has 0 aliphatic rings. The van der Waals surface area contributed by atoms with Gasteiger partial charge in [0.25, 0.3) is 0 Å². The minimum Gasteiger partial charge on any atom is -0.348 e. The van der Waals surface area contributed by atoms with Crippen molar-refractivity contribution >= 4 is 39.2 Å². The van der Waals surface area contributed by atoms with Crippen LogP contribution in [0, 0.1) is 13.8 Å². The molecule has 5 nitrogen and oxygen atoms in total. The van der Waals surface area contributed by atoms with Crippen LogP contribution >= 0.6 is 27.7 Å². The van der Waals surface area contributed by atoms with Gasteiger partial charge in [-0.3, -0.25) is 9.20 Å². The number of fused-ring (bicyclic) bond motifs is 1. The van der Waals surface area contributed by atoms with Crippen molar-refractivity contribution in [1.29, 1.82) is 0 Å². The van der Waals surface area contributed by atoms with Crippen LogP contribution in [0.3, 0.4) is 0 Å². The van der Waals surface area contributed by atoms with E-state index in [0.717, 1.165) is 26.4 Å². The number of rotatable bonds is 5. The van der Waals surface area contributed by atoms with Crippen molar-refractivity contribution in [3.8, 4) is 0 Å². The second-order valence-electron chi connectivity index (χ2n) is 5.48. The summed E-state index contributed by atoms with van der Waals surface area (Å²) in [5.74, 6) is 1.07. The van der Waals surface area contributed by atoms with Gasteiger partial charge in [0, 0.05) is 15.6 Å². The molecule has 124 valence electrons. The molecule has 0 atom stereocenters. The lowest BCUT2D eigenvalue weighted by Gasteiger charge is -2.09. The minimum absolute atomic E-state index is 0.0207. The van der Waals surface area contributed by atoms with E-state index in [1.54, 1.807) is 11.8 Å². The van der Waals surface area contributed by atoms with Crippen molar-refractivity contribution in [2.75, 3.05) is 5.75 Å². The molecule has 7 heteroatoms. The molecule has 0 aliphatic carbocycles. The second-order valence-corrected chi connectivity index (χ2v) is 7.35. The lowest BCUT2D eigenvalue weighted by atomic mass is 10.2. The van der Waals surface area contributed by atoms with Gasteiger partial charge in [-0.15, -0.1) is 22.0 Å². The second kappa shape index (κ2) is 7.36. The molecule has 0 bridgehead atoms. The highest BCUT2D eigenvalue weighted by atomic mass is 79.9. The van der Waals surface area contributed by atoms with Crippen molar-refractivity contribution in [3.05, 3.63) is 58.0 Å². The van der Waals surface area contributed by atoms with Crippen LogP contribution in [-0.4, -0.2) is 26.3 Å². The molecular formula is C17H17BrN4OS. The zero-order valence-corrected chi connectivity index (χ0v) is 15.8. The van der Waals surface area contributed by atoms with Crippen molar-refractivity contribution in [1.82, 2.24) is 19.9 Å². The number of benzene rings is 1. The first-order valence-corrected chi connectivity index (χ1v) is 9.27. The molecule has 2 aromatic heterocycles. The quantitative estimate of drug-likeness (QED) is 0.660. The Hall–Kier alpha value is -1.86. The SMILES string of the molecule is Cc1cc(SCC(=O)NCc2nnc3ccccn23)c(C)cc1Br. The summed E-state index contributed by atoms with van der Waals surface area (Å²) >= 11 is 5.07. The zero-order chi connectivity index (χ0) is 17.1. The summed E-state index contributed by atoms with van der Waals surface area (Å²) in [6.45, 7) is 4.46. The van der Waals surface area contributed by atoms with Gasteiger partial charge < -0.3 is 5.32 Å². The Morgan fingerprint density at radius 1 is 1.25 bits per heavy atom. The van der Waals surface area contributed by atoms with Gasteiger partial charge in [-0.05, 0) is 49.2 Å². The van der Waals surface area contributed by atoms with Crippen LogP contribution in [0.15, 0.2) is 45.9 Å². The van der Waals surface area contributed by atoms with Gasteiger partial charge in [-0.1, -0.05) is 22.0 Å². The number of hydrogen-bond donors (Lipinski definition) is 1. The van der Waals surface area contributed by atoms with Crippen LogP contribution in [0.4, 0.5) is 0 Å². The van der Waals surface area contributed by atoms with Crippen molar-refractivity contribution < 1.29 is 4.79 Å². The first-order chi connectivity index (χ1) is 11.5. The number of hydrogen-bond acceptors (Lipinski definition) is 4. The maximum Gasteiger partial charge on any atom is 0.230 e. The highest BCUT2D eigenvalue weighted by Crippen LogP contribution is 2.28. The Labute approximate surface area is 153 Å². The lowest BCUT2D eigenvalue weighted by molar-refractivity contribution is -0.118. The summed E-state index contributed by atoms with van der Waals surface area (Å²) in [6, 6.07) is 9.88. The van der Waals surface area contributed by atoms with Crippen molar-refractivity contribution in [3.63, 3.8) is 0 Å². The van der Waals surface area contributed by atoms with E-state index >= 15 is 0 Å². The minimum atomic E-state index is -0.0207. The smallest absolute Gasteiger partial charge is 0.230 e. The molecule has 0 radical (unpaired) electrons. The van der Waals surface area contributed by atoms with Crippen LogP contribution in [-0.2, 0) is 11.3 Å². The molecule has 3 rings (SSSR count). The third-order valence-corrected chi connectivity index (χ3v) is 5.65. The van der Waals surface area contributed by atoms with Gasteiger partial charge in [0.15, 0.2) is 11.5 Å². The maximum atomic E-state index is 12.1. The fourth-order valence-corrected chi connectivity index (χ4v) is 3.69. The van der Waals surface area contributed by atoms with Crippen LogP contribution in [0.5, 0.6) is 0 Å². The van der Waals surface area contributed by atoms with Crippen LogP contribution in [0.25, 0.3) is 5.65 Å². The normalized spacial score (nSPS) is 11.0. The van der Waals surface area contributed by atoms with Crippen LogP contribution in [0.1, 0.15) is 17.0 Å². The molecule has 0 unspecified atom stereocenters. The number of thioether (sulfide) groups is 1. The average Bonchev–Trinajstić information content (AvgIpc) is 2.98. The fraction of sp³-hybridized carbons (Fsp3) is 0.235. The number of aryl methyl sites for hydroxylation is 2. The van der Waals surface area contributed by atoms with Gasteiger partial charge in [0.1, 0.15) is 0 Å². The Balaban J connectivity index is 1.57. The van der Waals surface area contributed by atoms with E-state index in [9.17, 15) is 4.79 Å². The number of halogens is 1. The van der Waals surface area contributed by atoms with Gasteiger partial charge in [0.2, 0.25) is 5.91 Å². The first-order valence-electron chi connectivity index (χ1n) is 7.49. The lowest BCUT2D eigenvalue weighted by Crippen LogP contribution is -2.25. The molecular weight excluding hydrogens is 388 g/mol. The summed E-state index contributed by atoms with van der Waals surface area (Å²) in [4.78, 5) is 13.2. The molecule has 2 heterocycles. The molecule has 1 amide bonds. The van der Waals surface area contributed by atoms with Gasteiger partial charge >= 0.3 is 0 Å². The number of carbonyl (C=O) groups is 1. The molecule has 0 aliphatic heterocycles. The maximum absolute atomic E-state index is 12.1. The summed E-state index contributed by atoms with van der Waals surface area (Å²) in [5.41, 5.74) is 3.10. The Morgan fingerprint density at radius 2 is 2.08 bits per heavy atom. The Morgan fingerprint density at radius 3 is 2.92 bits per heavy atom. The van der Waals surface area contributed by atoms with Crippen molar-refractivity contribution in [2.45, 2.75) is 25.3 Å². The van der Waals surface area contributed by atoms with Gasteiger partial charge in [-0.2, -0.15) is 0 Å². The van der Waals surface area contributed by atoms with Gasteiger partial charge in [0.05, 0.1) is 12.3 Å². The number of amides is 1. The van der Waals surface area contributed by atoms with E-state index in [1.807, 2.05) is 42.6 Å². The Bertz CT molecular complexity index is 893. The van der Waals surface area contributed by atoms with E-state index in [0.29, 0.717) is 12.3 Å². The van der Waals surface area contributed by atoms with Crippen molar-refractivity contribution in [2.24, 2.45) is 0 Å². The summed E-state index contributed by atoms with van der Waals surface area (Å²) in [7, 11) is 0. The molecule has 1 aromatic carbocycles. The molecule has 0 spiro atoms. The van der Waals surface area contributed by atoms with E-state index in [-0.39, 0.29) is 5.91 Å². The largest absolute Gasteiger partial charge is 0.348 e. The van der Waals surface area contributed by atoms with E-state index in [1.165, 1.54) is 5.56 Å². The molecule has 0 fully saturated rings. The number of carbonyl (C=O) groups excluding carboxylic acids is 1. The summed E-state index contributed by atoms with van der Waals surface area (Å²) in [6.07, 6.45) is 1.89. The summed E-state index contributed by atoms with van der Waals surface area (Å²) in [5, 5.41) is 11.1. The Kier molecular flexibility index (Phi) is 5.20. The molecule has 0 saturated carbocycles. The predicted octanol–water partition coefficient (Wildman–Crippen LogP) is 3.52. The third kappa shape index (κ3) is 3.79. The summed E-state index contributed by atoms with van der Waals surface area (Å²) < 4.78 is 2.96. The number of nitrogens with zero attached hydrogens (tertiary/aromatic N) is 3.